The Balaban J connectivity index is 1.73. The van der Waals surface area contributed by atoms with Crippen molar-refractivity contribution in [1.29, 1.82) is 0 Å². The quantitative estimate of drug-likeness (QED) is 0.567. The highest BCUT2D eigenvalue weighted by atomic mass is 16.5. The van der Waals surface area contributed by atoms with Crippen LogP contribution in [0.25, 0.3) is 0 Å². The molecule has 2 N–H and O–H groups in total. The molecule has 0 radical (unpaired) electrons. The molecule has 0 spiro atoms. The summed E-state index contributed by atoms with van der Waals surface area (Å²) >= 11 is 0. The van der Waals surface area contributed by atoms with Crippen LogP contribution in [0.15, 0.2) is 12.7 Å². The second-order valence-electron chi connectivity index (χ2n) is 5.40. The van der Waals surface area contributed by atoms with Gasteiger partial charge in [-0.05, 0) is 32.1 Å². The molecular weight excluding hydrogens is 212 g/mol. The first kappa shape index (κ1) is 13.1. The summed E-state index contributed by atoms with van der Waals surface area (Å²) in [5.74, 6) is 0. The van der Waals surface area contributed by atoms with Gasteiger partial charge in [-0.1, -0.05) is 12.5 Å². The summed E-state index contributed by atoms with van der Waals surface area (Å²) in [4.78, 5) is 2.65. The van der Waals surface area contributed by atoms with Gasteiger partial charge in [0.05, 0.1) is 13.2 Å². The van der Waals surface area contributed by atoms with Crippen LogP contribution in [0.5, 0.6) is 0 Å². The molecular formula is C14H26N2O. The van der Waals surface area contributed by atoms with Gasteiger partial charge >= 0.3 is 0 Å². The van der Waals surface area contributed by atoms with E-state index in [1.54, 1.807) is 0 Å². The maximum atomic E-state index is 6.11. The third kappa shape index (κ3) is 3.54. The Hall–Kier alpha value is -0.380. The van der Waals surface area contributed by atoms with Crippen LogP contribution in [0.3, 0.4) is 0 Å². The average molecular weight is 238 g/mol. The van der Waals surface area contributed by atoms with Gasteiger partial charge in [0.2, 0.25) is 0 Å². The third-order valence-electron chi connectivity index (χ3n) is 4.12. The zero-order valence-electron chi connectivity index (χ0n) is 10.8. The summed E-state index contributed by atoms with van der Waals surface area (Å²) in [7, 11) is 0. The number of ether oxygens (including phenoxy) is 1. The van der Waals surface area contributed by atoms with Crippen LogP contribution in [-0.4, -0.2) is 42.8 Å². The van der Waals surface area contributed by atoms with Crippen LogP contribution in [0.2, 0.25) is 0 Å². The Morgan fingerprint density at radius 3 is 2.59 bits per heavy atom. The van der Waals surface area contributed by atoms with Gasteiger partial charge in [0.15, 0.2) is 0 Å². The summed E-state index contributed by atoms with van der Waals surface area (Å²) in [6.07, 6.45) is 9.28. The molecule has 2 unspecified atom stereocenters. The van der Waals surface area contributed by atoms with Gasteiger partial charge in [-0.25, -0.2) is 0 Å². The zero-order valence-corrected chi connectivity index (χ0v) is 10.8. The third-order valence-corrected chi connectivity index (χ3v) is 4.12. The highest BCUT2D eigenvalue weighted by Crippen LogP contribution is 2.32. The molecule has 2 rings (SSSR count). The zero-order chi connectivity index (χ0) is 12.1. The molecule has 0 aromatic rings. The van der Waals surface area contributed by atoms with E-state index in [0.717, 1.165) is 38.3 Å². The standard InChI is InChI=1S/C14H26N2O/c1-2-3-8-17-9-7-16-13-5-4-6-14(16)11-12(15)10-13/h2,12-14H,1,3-11,15H2. The predicted molar refractivity (Wildman–Crippen MR) is 71.0 cm³/mol. The lowest BCUT2D eigenvalue weighted by molar-refractivity contribution is 0.00500. The maximum absolute atomic E-state index is 6.11. The predicted octanol–water partition coefficient (Wildman–Crippen LogP) is 1.92. The molecule has 0 aromatic heterocycles. The minimum absolute atomic E-state index is 0.434. The van der Waals surface area contributed by atoms with E-state index >= 15 is 0 Å². The Labute approximate surface area is 105 Å². The molecule has 2 bridgehead atoms. The highest BCUT2D eigenvalue weighted by molar-refractivity contribution is 4.93. The monoisotopic (exact) mass is 238 g/mol. The van der Waals surface area contributed by atoms with Crippen molar-refractivity contribution in [2.45, 2.75) is 56.7 Å². The lowest BCUT2D eigenvalue weighted by Crippen LogP contribution is -2.56. The van der Waals surface area contributed by atoms with Crippen molar-refractivity contribution in [2.24, 2.45) is 5.73 Å². The van der Waals surface area contributed by atoms with E-state index in [2.05, 4.69) is 11.5 Å². The number of hydrogen-bond acceptors (Lipinski definition) is 3. The van der Waals surface area contributed by atoms with Gasteiger partial charge in [-0.2, -0.15) is 0 Å². The molecule has 3 nitrogen and oxygen atoms in total. The van der Waals surface area contributed by atoms with E-state index in [-0.39, 0.29) is 0 Å². The smallest absolute Gasteiger partial charge is 0.0593 e. The lowest BCUT2D eigenvalue weighted by Gasteiger charge is -2.48. The van der Waals surface area contributed by atoms with Crippen molar-refractivity contribution in [3.8, 4) is 0 Å². The molecule has 0 aromatic carbocycles. The fourth-order valence-electron chi connectivity index (χ4n) is 3.32. The van der Waals surface area contributed by atoms with Crippen molar-refractivity contribution in [2.75, 3.05) is 19.8 Å². The molecule has 2 saturated heterocycles. The summed E-state index contributed by atoms with van der Waals surface area (Å²) in [6, 6.07) is 1.88. The van der Waals surface area contributed by atoms with E-state index in [4.69, 9.17) is 10.5 Å². The first-order valence-electron chi connectivity index (χ1n) is 7.01. The van der Waals surface area contributed by atoms with Gasteiger partial charge in [0.25, 0.3) is 0 Å². The Morgan fingerprint density at radius 1 is 1.24 bits per heavy atom. The molecule has 0 amide bonds. The molecule has 2 aliphatic rings. The lowest BCUT2D eigenvalue weighted by atomic mass is 9.82. The molecule has 0 aliphatic carbocycles. The van der Waals surface area contributed by atoms with Crippen LogP contribution < -0.4 is 5.73 Å². The topological polar surface area (TPSA) is 38.5 Å². The minimum Gasteiger partial charge on any atom is -0.380 e. The molecule has 0 saturated carbocycles. The molecule has 17 heavy (non-hydrogen) atoms. The number of nitrogens with zero attached hydrogens (tertiary/aromatic N) is 1. The molecule has 2 fully saturated rings. The summed E-state index contributed by atoms with van der Waals surface area (Å²) in [5.41, 5.74) is 6.11. The van der Waals surface area contributed by atoms with Crippen LogP contribution in [-0.2, 0) is 4.74 Å². The number of hydrogen-bond donors (Lipinski definition) is 1. The second kappa shape index (κ2) is 6.53. The second-order valence-corrected chi connectivity index (χ2v) is 5.40. The van der Waals surface area contributed by atoms with Crippen LogP contribution in [0.4, 0.5) is 0 Å². The van der Waals surface area contributed by atoms with Crippen LogP contribution in [0.1, 0.15) is 38.5 Å². The van der Waals surface area contributed by atoms with Crippen molar-refractivity contribution < 1.29 is 4.74 Å². The normalized spacial score (nSPS) is 33.6. The molecule has 2 atom stereocenters. The highest BCUT2D eigenvalue weighted by Gasteiger charge is 2.36. The molecule has 2 aliphatic heterocycles. The van der Waals surface area contributed by atoms with E-state index in [9.17, 15) is 0 Å². The van der Waals surface area contributed by atoms with Crippen molar-refractivity contribution in [1.82, 2.24) is 4.90 Å². The SMILES string of the molecule is C=CCCOCCN1C2CCCC1CC(N)C2. The minimum atomic E-state index is 0.434. The Kier molecular flexibility index (Phi) is 5.01. The Morgan fingerprint density at radius 2 is 1.94 bits per heavy atom. The molecule has 2 heterocycles. The summed E-state index contributed by atoms with van der Waals surface area (Å²) in [6.45, 7) is 6.45. The van der Waals surface area contributed by atoms with Crippen molar-refractivity contribution in [3.05, 3.63) is 12.7 Å². The van der Waals surface area contributed by atoms with Gasteiger partial charge in [-0.3, -0.25) is 4.90 Å². The van der Waals surface area contributed by atoms with Crippen LogP contribution >= 0.6 is 0 Å². The van der Waals surface area contributed by atoms with E-state index in [0.29, 0.717) is 6.04 Å². The fourth-order valence-corrected chi connectivity index (χ4v) is 3.32. The van der Waals surface area contributed by atoms with Gasteiger partial charge in [-0.15, -0.1) is 6.58 Å². The number of piperidine rings is 2. The largest absolute Gasteiger partial charge is 0.380 e. The number of rotatable bonds is 6. The molecule has 3 heteroatoms. The fraction of sp³-hybridized carbons (Fsp3) is 0.857. The van der Waals surface area contributed by atoms with Crippen LogP contribution in [0, 0.1) is 0 Å². The number of fused-ring (bicyclic) bond motifs is 2. The van der Waals surface area contributed by atoms with Gasteiger partial charge in [0.1, 0.15) is 0 Å². The first-order chi connectivity index (χ1) is 8.31. The first-order valence-corrected chi connectivity index (χ1v) is 7.01. The van der Waals surface area contributed by atoms with E-state index < -0.39 is 0 Å². The number of nitrogens with two attached hydrogens (primary N) is 1. The summed E-state index contributed by atoms with van der Waals surface area (Å²) < 4.78 is 5.62. The average Bonchev–Trinajstić information content (AvgIpc) is 2.29. The van der Waals surface area contributed by atoms with E-state index in [1.165, 1.54) is 32.1 Å². The van der Waals surface area contributed by atoms with Crippen molar-refractivity contribution in [3.63, 3.8) is 0 Å². The van der Waals surface area contributed by atoms with E-state index in [1.807, 2.05) is 6.08 Å². The van der Waals surface area contributed by atoms with Gasteiger partial charge < -0.3 is 10.5 Å². The van der Waals surface area contributed by atoms with Gasteiger partial charge in [0, 0.05) is 24.7 Å². The Bertz CT molecular complexity index is 230. The molecule has 98 valence electrons. The van der Waals surface area contributed by atoms with Crippen molar-refractivity contribution >= 4 is 0 Å². The maximum Gasteiger partial charge on any atom is 0.0593 e. The summed E-state index contributed by atoms with van der Waals surface area (Å²) in [5, 5.41) is 0.